The van der Waals surface area contributed by atoms with Crippen LogP contribution in [0.3, 0.4) is 0 Å². The number of aromatic nitrogens is 3. The number of hydrogen-bond acceptors (Lipinski definition) is 4. The van der Waals surface area contributed by atoms with Gasteiger partial charge in [-0.1, -0.05) is 25.3 Å². The highest BCUT2D eigenvalue weighted by Gasteiger charge is 2.18. The number of carbonyl (C=O) groups excluding carboxylic acids is 1. The lowest BCUT2D eigenvalue weighted by atomic mass is 9.95. The minimum Gasteiger partial charge on any atom is -0.349 e. The molecular formula is C17H24N4OS. The van der Waals surface area contributed by atoms with Crippen molar-refractivity contribution in [2.45, 2.75) is 64.0 Å². The van der Waals surface area contributed by atoms with Gasteiger partial charge in [-0.2, -0.15) is 0 Å². The number of aryl methyl sites for hydroxylation is 1. The van der Waals surface area contributed by atoms with E-state index in [4.69, 9.17) is 0 Å². The maximum absolute atomic E-state index is 12.0. The lowest BCUT2D eigenvalue weighted by Gasteiger charge is -2.24. The van der Waals surface area contributed by atoms with Crippen LogP contribution in [0.1, 0.15) is 61.7 Å². The molecule has 23 heavy (non-hydrogen) atoms. The molecule has 1 aliphatic rings. The van der Waals surface area contributed by atoms with E-state index >= 15 is 0 Å². The van der Waals surface area contributed by atoms with E-state index in [1.807, 2.05) is 6.33 Å². The molecule has 0 atom stereocenters. The van der Waals surface area contributed by atoms with Crippen molar-refractivity contribution in [2.24, 2.45) is 0 Å². The molecule has 6 heteroatoms. The molecule has 1 fully saturated rings. The number of thiophene rings is 1. The molecule has 0 unspecified atom stereocenters. The summed E-state index contributed by atoms with van der Waals surface area (Å²) >= 11 is 1.75. The summed E-state index contributed by atoms with van der Waals surface area (Å²) in [4.78, 5) is 13.3. The van der Waals surface area contributed by atoms with Crippen molar-refractivity contribution in [1.29, 1.82) is 0 Å². The summed E-state index contributed by atoms with van der Waals surface area (Å²) in [5.41, 5.74) is 0. The molecule has 0 bridgehead atoms. The Labute approximate surface area is 141 Å². The summed E-state index contributed by atoms with van der Waals surface area (Å²) < 4.78 is 2.16. The van der Waals surface area contributed by atoms with Crippen LogP contribution in [-0.4, -0.2) is 20.7 Å². The van der Waals surface area contributed by atoms with E-state index < -0.39 is 0 Å². The number of nitrogens with zero attached hydrogens (tertiary/aromatic N) is 3. The fourth-order valence-corrected chi connectivity index (χ4v) is 3.95. The molecule has 0 aromatic carbocycles. The number of carbonyl (C=O) groups is 1. The minimum absolute atomic E-state index is 0.0970. The second kappa shape index (κ2) is 8.24. The molecule has 2 heterocycles. The van der Waals surface area contributed by atoms with Crippen molar-refractivity contribution in [3.05, 3.63) is 34.5 Å². The molecule has 1 aliphatic carbocycles. The van der Waals surface area contributed by atoms with Gasteiger partial charge in [0.25, 0.3) is 0 Å². The van der Waals surface area contributed by atoms with Gasteiger partial charge in [0.05, 0.1) is 6.54 Å². The van der Waals surface area contributed by atoms with Crippen LogP contribution in [0.4, 0.5) is 0 Å². The highest BCUT2D eigenvalue weighted by Crippen LogP contribution is 2.28. The zero-order chi connectivity index (χ0) is 15.9. The molecule has 2 aromatic heterocycles. The standard InChI is InChI=1S/C17H24N4OS/c22-17(10-4-8-15-9-5-11-23-15)18-12-16-20-19-13-21(16)14-6-2-1-3-7-14/h5,9,11,13-14H,1-4,6-8,10,12H2,(H,18,22). The van der Waals surface area contributed by atoms with E-state index in [1.165, 1.54) is 37.0 Å². The molecule has 0 spiro atoms. The summed E-state index contributed by atoms with van der Waals surface area (Å²) in [5, 5.41) is 13.3. The molecule has 0 radical (unpaired) electrons. The van der Waals surface area contributed by atoms with Gasteiger partial charge in [0.2, 0.25) is 5.91 Å². The molecule has 1 amide bonds. The Morgan fingerprint density at radius 3 is 3.00 bits per heavy atom. The number of nitrogens with one attached hydrogen (secondary N) is 1. The van der Waals surface area contributed by atoms with E-state index in [2.05, 4.69) is 37.6 Å². The monoisotopic (exact) mass is 332 g/mol. The second-order valence-corrected chi connectivity index (χ2v) is 7.19. The van der Waals surface area contributed by atoms with Gasteiger partial charge in [-0.15, -0.1) is 21.5 Å². The highest BCUT2D eigenvalue weighted by molar-refractivity contribution is 7.09. The number of rotatable bonds is 7. The summed E-state index contributed by atoms with van der Waals surface area (Å²) in [6.07, 6.45) is 10.5. The fourth-order valence-electron chi connectivity index (χ4n) is 3.20. The Balaban J connectivity index is 1.43. The average Bonchev–Trinajstić information content (AvgIpc) is 3.25. The van der Waals surface area contributed by atoms with E-state index in [9.17, 15) is 4.79 Å². The lowest BCUT2D eigenvalue weighted by Crippen LogP contribution is -2.25. The van der Waals surface area contributed by atoms with Crippen molar-refractivity contribution < 1.29 is 4.79 Å². The van der Waals surface area contributed by atoms with Gasteiger partial charge in [-0.3, -0.25) is 4.79 Å². The zero-order valence-corrected chi connectivity index (χ0v) is 14.2. The summed E-state index contributed by atoms with van der Waals surface area (Å²) in [6.45, 7) is 0.480. The lowest BCUT2D eigenvalue weighted by molar-refractivity contribution is -0.121. The first kappa shape index (κ1) is 16.2. The predicted molar refractivity (Wildman–Crippen MR) is 91.2 cm³/mol. The van der Waals surface area contributed by atoms with Gasteiger partial charge in [0, 0.05) is 17.3 Å². The van der Waals surface area contributed by atoms with Crippen LogP contribution in [-0.2, 0) is 17.8 Å². The molecule has 0 aliphatic heterocycles. The molecule has 5 nitrogen and oxygen atoms in total. The smallest absolute Gasteiger partial charge is 0.220 e. The molecule has 0 saturated heterocycles. The van der Waals surface area contributed by atoms with Gasteiger partial charge >= 0.3 is 0 Å². The first-order chi connectivity index (χ1) is 11.3. The quantitative estimate of drug-likeness (QED) is 0.844. The zero-order valence-electron chi connectivity index (χ0n) is 13.4. The Hall–Kier alpha value is -1.69. The third kappa shape index (κ3) is 4.64. The molecule has 3 rings (SSSR count). The van der Waals surface area contributed by atoms with Gasteiger partial charge in [0.15, 0.2) is 5.82 Å². The largest absolute Gasteiger partial charge is 0.349 e. The minimum atomic E-state index is 0.0970. The maximum Gasteiger partial charge on any atom is 0.220 e. The van der Waals surface area contributed by atoms with Crippen LogP contribution >= 0.6 is 11.3 Å². The Morgan fingerprint density at radius 1 is 1.35 bits per heavy atom. The normalized spacial score (nSPS) is 15.7. The van der Waals surface area contributed by atoms with Gasteiger partial charge in [0.1, 0.15) is 6.33 Å². The van der Waals surface area contributed by atoms with Crippen LogP contribution in [0, 0.1) is 0 Å². The molecule has 2 aromatic rings. The Bertz CT molecular complexity index is 602. The molecule has 1 N–H and O–H groups in total. The number of hydrogen-bond donors (Lipinski definition) is 1. The SMILES string of the molecule is O=C(CCCc1cccs1)NCc1nncn1C1CCCCC1. The van der Waals surface area contributed by atoms with E-state index in [0.29, 0.717) is 19.0 Å². The molecule has 1 saturated carbocycles. The van der Waals surface area contributed by atoms with Crippen LogP contribution in [0.25, 0.3) is 0 Å². The van der Waals surface area contributed by atoms with E-state index in [0.717, 1.165) is 18.7 Å². The first-order valence-electron chi connectivity index (χ1n) is 8.50. The van der Waals surface area contributed by atoms with Crippen molar-refractivity contribution in [3.8, 4) is 0 Å². The van der Waals surface area contributed by atoms with Gasteiger partial charge in [-0.05, 0) is 37.1 Å². The summed E-state index contributed by atoms with van der Waals surface area (Å²) in [7, 11) is 0. The first-order valence-corrected chi connectivity index (χ1v) is 9.38. The van der Waals surface area contributed by atoms with Crippen molar-refractivity contribution in [1.82, 2.24) is 20.1 Å². The Kier molecular flexibility index (Phi) is 5.80. The summed E-state index contributed by atoms with van der Waals surface area (Å²) in [5.74, 6) is 0.975. The average molecular weight is 332 g/mol. The number of amides is 1. The maximum atomic E-state index is 12.0. The van der Waals surface area contributed by atoms with Crippen LogP contribution < -0.4 is 5.32 Å². The topological polar surface area (TPSA) is 59.8 Å². The van der Waals surface area contributed by atoms with Crippen molar-refractivity contribution in [3.63, 3.8) is 0 Å². The van der Waals surface area contributed by atoms with Crippen molar-refractivity contribution >= 4 is 17.2 Å². The van der Waals surface area contributed by atoms with Gasteiger partial charge < -0.3 is 9.88 Å². The van der Waals surface area contributed by atoms with Gasteiger partial charge in [-0.25, -0.2) is 0 Å². The summed E-state index contributed by atoms with van der Waals surface area (Å²) in [6, 6.07) is 4.68. The van der Waals surface area contributed by atoms with Crippen LogP contribution in [0.5, 0.6) is 0 Å². The fraction of sp³-hybridized carbons (Fsp3) is 0.588. The van der Waals surface area contributed by atoms with Crippen LogP contribution in [0.2, 0.25) is 0 Å². The molecule has 124 valence electrons. The van der Waals surface area contributed by atoms with E-state index in [-0.39, 0.29) is 5.91 Å². The predicted octanol–water partition coefficient (Wildman–Crippen LogP) is 3.48. The highest BCUT2D eigenvalue weighted by atomic mass is 32.1. The Morgan fingerprint density at radius 2 is 2.22 bits per heavy atom. The van der Waals surface area contributed by atoms with Crippen molar-refractivity contribution in [2.75, 3.05) is 0 Å². The third-order valence-corrected chi connectivity index (χ3v) is 5.40. The van der Waals surface area contributed by atoms with E-state index in [1.54, 1.807) is 11.3 Å². The third-order valence-electron chi connectivity index (χ3n) is 4.47. The molecular weight excluding hydrogens is 308 g/mol. The second-order valence-electron chi connectivity index (χ2n) is 6.16. The van der Waals surface area contributed by atoms with Crippen LogP contribution in [0.15, 0.2) is 23.8 Å².